The summed E-state index contributed by atoms with van der Waals surface area (Å²) in [4.78, 5) is 0. The minimum Gasteiger partial charge on any atom is -0.497 e. The highest BCUT2D eigenvalue weighted by Gasteiger charge is 2.09. The van der Waals surface area contributed by atoms with E-state index in [1.807, 2.05) is 12.1 Å². The van der Waals surface area contributed by atoms with Crippen molar-refractivity contribution in [2.24, 2.45) is 0 Å². The fraction of sp³-hybridized carbons (Fsp3) is 0.333. The number of rotatable bonds is 7. The first-order valence-corrected chi connectivity index (χ1v) is 7.24. The fourth-order valence-corrected chi connectivity index (χ4v) is 2.35. The standard InChI is InChI=1S/C18H23NO.ClH/c1-3-7-18(16-8-5-4-6-9-16)19-14-15-10-12-17(20-2)13-11-15;/h4-6,8-13,18-19H,3,7,14H2,1-2H3;1H. The van der Waals surface area contributed by atoms with Crippen molar-refractivity contribution in [3.8, 4) is 5.75 Å². The molecule has 21 heavy (non-hydrogen) atoms. The molecule has 2 rings (SSSR count). The topological polar surface area (TPSA) is 21.3 Å². The second-order valence-electron chi connectivity index (χ2n) is 4.98. The molecular weight excluding hydrogens is 282 g/mol. The zero-order valence-corrected chi connectivity index (χ0v) is 13.5. The van der Waals surface area contributed by atoms with Crippen LogP contribution < -0.4 is 10.1 Å². The van der Waals surface area contributed by atoms with Gasteiger partial charge in [0.25, 0.3) is 0 Å². The Hall–Kier alpha value is -1.51. The SMILES string of the molecule is CCCC(NCc1ccc(OC)cc1)c1ccccc1.Cl. The summed E-state index contributed by atoms with van der Waals surface area (Å²) in [5.41, 5.74) is 2.64. The molecule has 0 saturated carbocycles. The van der Waals surface area contributed by atoms with Crippen molar-refractivity contribution >= 4 is 12.4 Å². The van der Waals surface area contributed by atoms with Crippen LogP contribution in [0, 0.1) is 0 Å². The fourth-order valence-electron chi connectivity index (χ4n) is 2.35. The van der Waals surface area contributed by atoms with Gasteiger partial charge in [-0.25, -0.2) is 0 Å². The third-order valence-electron chi connectivity index (χ3n) is 3.49. The third kappa shape index (κ3) is 5.41. The van der Waals surface area contributed by atoms with Crippen LogP contribution in [0.2, 0.25) is 0 Å². The first-order valence-electron chi connectivity index (χ1n) is 7.24. The monoisotopic (exact) mass is 305 g/mol. The summed E-state index contributed by atoms with van der Waals surface area (Å²) in [6, 6.07) is 19.3. The Morgan fingerprint density at radius 1 is 1.00 bits per heavy atom. The highest BCUT2D eigenvalue weighted by atomic mass is 35.5. The number of hydrogen-bond acceptors (Lipinski definition) is 2. The van der Waals surface area contributed by atoms with E-state index in [1.54, 1.807) is 7.11 Å². The van der Waals surface area contributed by atoms with Crippen molar-refractivity contribution in [3.63, 3.8) is 0 Å². The predicted molar refractivity (Wildman–Crippen MR) is 91.2 cm³/mol. The Morgan fingerprint density at radius 3 is 2.24 bits per heavy atom. The maximum Gasteiger partial charge on any atom is 0.118 e. The molecule has 0 heterocycles. The van der Waals surface area contributed by atoms with E-state index in [0.29, 0.717) is 6.04 Å². The van der Waals surface area contributed by atoms with E-state index in [1.165, 1.54) is 17.5 Å². The second kappa shape index (κ2) is 9.43. The smallest absolute Gasteiger partial charge is 0.118 e. The maximum atomic E-state index is 5.18. The Labute approximate surface area is 133 Å². The van der Waals surface area contributed by atoms with E-state index in [4.69, 9.17) is 4.74 Å². The Bertz CT molecular complexity index is 498. The van der Waals surface area contributed by atoms with E-state index in [2.05, 4.69) is 54.7 Å². The summed E-state index contributed by atoms with van der Waals surface area (Å²) in [7, 11) is 1.69. The normalized spacial score (nSPS) is 11.5. The lowest BCUT2D eigenvalue weighted by Crippen LogP contribution is -2.20. The number of benzene rings is 2. The number of nitrogens with one attached hydrogen (secondary N) is 1. The molecule has 3 heteroatoms. The third-order valence-corrected chi connectivity index (χ3v) is 3.49. The van der Waals surface area contributed by atoms with Crippen LogP contribution in [0.25, 0.3) is 0 Å². The highest BCUT2D eigenvalue weighted by molar-refractivity contribution is 5.85. The van der Waals surface area contributed by atoms with Crippen molar-refractivity contribution in [2.75, 3.05) is 7.11 Å². The maximum absolute atomic E-state index is 5.18. The summed E-state index contributed by atoms with van der Waals surface area (Å²) in [5.74, 6) is 0.905. The van der Waals surface area contributed by atoms with E-state index >= 15 is 0 Å². The van der Waals surface area contributed by atoms with Crippen LogP contribution >= 0.6 is 12.4 Å². The van der Waals surface area contributed by atoms with Gasteiger partial charge in [-0.1, -0.05) is 55.8 Å². The average Bonchev–Trinajstić information content (AvgIpc) is 2.53. The lowest BCUT2D eigenvalue weighted by molar-refractivity contribution is 0.414. The van der Waals surface area contributed by atoms with Crippen LogP contribution in [0.15, 0.2) is 54.6 Å². The number of hydrogen-bond donors (Lipinski definition) is 1. The largest absolute Gasteiger partial charge is 0.497 e. The summed E-state index contributed by atoms with van der Waals surface area (Å²) >= 11 is 0. The average molecular weight is 306 g/mol. The van der Waals surface area contributed by atoms with Gasteiger partial charge in [0.1, 0.15) is 5.75 Å². The molecule has 0 aliphatic rings. The van der Waals surface area contributed by atoms with Crippen LogP contribution in [-0.2, 0) is 6.54 Å². The molecule has 1 unspecified atom stereocenters. The zero-order chi connectivity index (χ0) is 14.2. The molecule has 2 nitrogen and oxygen atoms in total. The summed E-state index contributed by atoms with van der Waals surface area (Å²) < 4.78 is 5.18. The number of ether oxygens (including phenoxy) is 1. The second-order valence-corrected chi connectivity index (χ2v) is 4.98. The molecule has 0 aromatic heterocycles. The molecule has 0 aliphatic carbocycles. The van der Waals surface area contributed by atoms with Gasteiger partial charge in [0.2, 0.25) is 0 Å². The number of halogens is 1. The number of methoxy groups -OCH3 is 1. The van der Waals surface area contributed by atoms with Crippen LogP contribution in [0.3, 0.4) is 0 Å². The molecule has 0 bridgehead atoms. The van der Waals surface area contributed by atoms with Crippen LogP contribution in [0.1, 0.15) is 36.9 Å². The summed E-state index contributed by atoms with van der Waals surface area (Å²) in [6.45, 7) is 3.11. The minimum atomic E-state index is 0. The Morgan fingerprint density at radius 2 is 1.67 bits per heavy atom. The lowest BCUT2D eigenvalue weighted by atomic mass is 10.0. The van der Waals surface area contributed by atoms with Gasteiger partial charge < -0.3 is 10.1 Å². The molecule has 2 aromatic rings. The van der Waals surface area contributed by atoms with E-state index in [0.717, 1.165) is 18.7 Å². The first kappa shape index (κ1) is 17.5. The quantitative estimate of drug-likeness (QED) is 0.797. The first-order chi connectivity index (χ1) is 9.83. The minimum absolute atomic E-state index is 0. The van der Waals surface area contributed by atoms with Gasteiger partial charge in [-0.2, -0.15) is 0 Å². The zero-order valence-electron chi connectivity index (χ0n) is 12.7. The molecule has 0 saturated heterocycles. The lowest BCUT2D eigenvalue weighted by Gasteiger charge is -2.18. The molecular formula is C18H24ClNO. The van der Waals surface area contributed by atoms with Crippen molar-refractivity contribution in [1.82, 2.24) is 5.32 Å². The molecule has 0 fully saturated rings. The van der Waals surface area contributed by atoms with Crippen molar-refractivity contribution in [2.45, 2.75) is 32.4 Å². The van der Waals surface area contributed by atoms with E-state index in [9.17, 15) is 0 Å². The Kier molecular flexibility index (Phi) is 7.88. The van der Waals surface area contributed by atoms with Gasteiger partial charge in [-0.15, -0.1) is 12.4 Å². The van der Waals surface area contributed by atoms with Crippen molar-refractivity contribution in [1.29, 1.82) is 0 Å². The van der Waals surface area contributed by atoms with Gasteiger partial charge >= 0.3 is 0 Å². The van der Waals surface area contributed by atoms with Crippen molar-refractivity contribution < 1.29 is 4.74 Å². The molecule has 0 amide bonds. The molecule has 0 aliphatic heterocycles. The van der Waals surface area contributed by atoms with E-state index < -0.39 is 0 Å². The van der Waals surface area contributed by atoms with Crippen molar-refractivity contribution in [3.05, 3.63) is 65.7 Å². The summed E-state index contributed by atoms with van der Waals surface area (Å²) in [5, 5.41) is 3.65. The van der Waals surface area contributed by atoms with Gasteiger partial charge in [-0.3, -0.25) is 0 Å². The molecule has 114 valence electrons. The van der Waals surface area contributed by atoms with Gasteiger partial charge in [0.05, 0.1) is 7.11 Å². The predicted octanol–water partition coefficient (Wildman–Crippen LogP) is 4.75. The summed E-state index contributed by atoms with van der Waals surface area (Å²) in [6.07, 6.45) is 2.33. The highest BCUT2D eigenvalue weighted by Crippen LogP contribution is 2.19. The van der Waals surface area contributed by atoms with Crippen LogP contribution in [0.4, 0.5) is 0 Å². The van der Waals surface area contributed by atoms with Gasteiger partial charge in [0.15, 0.2) is 0 Å². The van der Waals surface area contributed by atoms with Crippen LogP contribution in [-0.4, -0.2) is 7.11 Å². The molecule has 0 radical (unpaired) electrons. The molecule has 0 spiro atoms. The molecule has 2 aromatic carbocycles. The van der Waals surface area contributed by atoms with E-state index in [-0.39, 0.29) is 12.4 Å². The molecule has 1 N–H and O–H groups in total. The van der Waals surface area contributed by atoms with Gasteiger partial charge in [-0.05, 0) is 29.7 Å². The molecule has 1 atom stereocenters. The van der Waals surface area contributed by atoms with Gasteiger partial charge in [0, 0.05) is 12.6 Å². The van der Waals surface area contributed by atoms with Crippen LogP contribution in [0.5, 0.6) is 5.75 Å². The Balaban J connectivity index is 0.00000220.